The van der Waals surface area contributed by atoms with E-state index >= 15 is 0 Å². The number of carbonyl (C=O) groups excluding carboxylic acids is 2. The molecule has 2 heterocycles. The van der Waals surface area contributed by atoms with Crippen LogP contribution in [0.25, 0.3) is 5.52 Å². The summed E-state index contributed by atoms with van der Waals surface area (Å²) >= 11 is 0. The summed E-state index contributed by atoms with van der Waals surface area (Å²) in [6.07, 6.45) is 6.84. The molecule has 0 aliphatic rings. The molecule has 2 aromatic heterocycles. The number of ketones is 1. The lowest BCUT2D eigenvalue weighted by atomic mass is 9.97. The number of hydrogen-bond acceptors (Lipinski definition) is 4. The number of nitrogens with one attached hydrogen (secondary N) is 1. The SMILES string of the molecule is CCCC(Nc1cccc(C(=O)c2cc(CCCC(=O)OCC)n3ccccc23)c1)c1ccc(CC(C)C)cc1. The summed E-state index contributed by atoms with van der Waals surface area (Å²) in [6.45, 7) is 8.89. The summed E-state index contributed by atoms with van der Waals surface area (Å²) in [4.78, 5) is 25.6. The molecule has 210 valence electrons. The van der Waals surface area contributed by atoms with Crippen molar-refractivity contribution < 1.29 is 14.3 Å². The molecule has 0 aliphatic heterocycles. The Labute approximate surface area is 238 Å². The van der Waals surface area contributed by atoms with Gasteiger partial charge in [0.05, 0.1) is 18.2 Å². The van der Waals surface area contributed by atoms with E-state index in [1.165, 1.54) is 11.1 Å². The normalized spacial score (nSPS) is 12.0. The van der Waals surface area contributed by atoms with Gasteiger partial charge in [-0.1, -0.05) is 69.7 Å². The van der Waals surface area contributed by atoms with Gasteiger partial charge in [0.15, 0.2) is 5.78 Å². The number of pyridine rings is 1. The van der Waals surface area contributed by atoms with Crippen molar-refractivity contribution in [2.75, 3.05) is 11.9 Å². The maximum absolute atomic E-state index is 13.8. The Kier molecular flexibility index (Phi) is 10.2. The molecule has 0 amide bonds. The molecular formula is C35H42N2O3. The Morgan fingerprint density at radius 2 is 1.75 bits per heavy atom. The van der Waals surface area contributed by atoms with Gasteiger partial charge in [-0.2, -0.15) is 0 Å². The molecule has 0 bridgehead atoms. The van der Waals surface area contributed by atoms with Gasteiger partial charge in [0.1, 0.15) is 0 Å². The second kappa shape index (κ2) is 14.0. The Bertz CT molecular complexity index is 1420. The number of rotatable bonds is 14. The summed E-state index contributed by atoms with van der Waals surface area (Å²) in [5, 5.41) is 3.69. The van der Waals surface area contributed by atoms with Crippen molar-refractivity contribution in [3.8, 4) is 0 Å². The van der Waals surface area contributed by atoms with Crippen molar-refractivity contribution in [2.45, 2.75) is 72.3 Å². The van der Waals surface area contributed by atoms with Gasteiger partial charge < -0.3 is 14.5 Å². The lowest BCUT2D eigenvalue weighted by Gasteiger charge is -2.21. The first kappa shape index (κ1) is 29.1. The third-order valence-electron chi connectivity index (χ3n) is 7.19. The number of benzene rings is 2. The second-order valence-electron chi connectivity index (χ2n) is 10.9. The highest BCUT2D eigenvalue weighted by Crippen LogP contribution is 2.27. The number of nitrogens with zero attached hydrogens (tertiary/aromatic N) is 1. The molecule has 1 N–H and O–H groups in total. The van der Waals surface area contributed by atoms with Crippen molar-refractivity contribution in [3.05, 3.63) is 107 Å². The number of aromatic nitrogens is 1. The van der Waals surface area contributed by atoms with Crippen LogP contribution in [0.4, 0.5) is 5.69 Å². The summed E-state index contributed by atoms with van der Waals surface area (Å²) in [6, 6.07) is 24.8. The minimum atomic E-state index is -0.183. The number of hydrogen-bond donors (Lipinski definition) is 1. The zero-order valence-electron chi connectivity index (χ0n) is 24.3. The van der Waals surface area contributed by atoms with E-state index in [1.807, 2.05) is 61.7 Å². The molecule has 0 fully saturated rings. The van der Waals surface area contributed by atoms with Crippen LogP contribution in [-0.4, -0.2) is 22.8 Å². The fourth-order valence-electron chi connectivity index (χ4n) is 5.32. The van der Waals surface area contributed by atoms with Crippen molar-refractivity contribution in [1.82, 2.24) is 4.40 Å². The van der Waals surface area contributed by atoms with E-state index in [4.69, 9.17) is 4.74 Å². The number of aryl methyl sites for hydroxylation is 1. The largest absolute Gasteiger partial charge is 0.466 e. The fraction of sp³-hybridized carbons (Fsp3) is 0.371. The first-order valence-electron chi connectivity index (χ1n) is 14.6. The molecule has 1 atom stereocenters. The molecule has 0 spiro atoms. The number of fused-ring (bicyclic) bond motifs is 1. The highest BCUT2D eigenvalue weighted by molar-refractivity contribution is 6.13. The summed E-state index contributed by atoms with van der Waals surface area (Å²) in [5.41, 5.74) is 6.79. The Hall–Kier alpha value is -3.86. The van der Waals surface area contributed by atoms with Crippen LogP contribution in [0.15, 0.2) is 79.0 Å². The minimum Gasteiger partial charge on any atom is -0.466 e. The van der Waals surface area contributed by atoms with Gasteiger partial charge in [-0.05, 0) is 80.0 Å². The third-order valence-corrected chi connectivity index (χ3v) is 7.19. The van der Waals surface area contributed by atoms with Crippen LogP contribution >= 0.6 is 0 Å². The van der Waals surface area contributed by atoms with Crippen molar-refractivity contribution in [1.29, 1.82) is 0 Å². The zero-order chi connectivity index (χ0) is 28.5. The molecule has 0 saturated carbocycles. The van der Waals surface area contributed by atoms with Crippen LogP contribution in [0.1, 0.15) is 92.2 Å². The van der Waals surface area contributed by atoms with Crippen LogP contribution in [0.5, 0.6) is 0 Å². The van der Waals surface area contributed by atoms with Gasteiger partial charge in [-0.25, -0.2) is 0 Å². The standard InChI is InChI=1S/C35H42N2O3/c1-5-11-32(27-19-17-26(18-20-27)22-25(3)4)36-29-13-9-12-28(23-29)35(39)31-24-30(14-10-16-34(38)40-6-2)37-21-8-7-15-33(31)37/h7-9,12-13,15,17-21,23-25,32,36H,5-6,10-11,14,16,22H2,1-4H3. The van der Waals surface area contributed by atoms with Gasteiger partial charge in [-0.15, -0.1) is 0 Å². The van der Waals surface area contributed by atoms with Crippen LogP contribution in [-0.2, 0) is 22.4 Å². The second-order valence-corrected chi connectivity index (χ2v) is 10.9. The predicted molar refractivity (Wildman–Crippen MR) is 163 cm³/mol. The molecule has 4 rings (SSSR count). The monoisotopic (exact) mass is 538 g/mol. The van der Waals surface area contributed by atoms with Crippen LogP contribution in [0, 0.1) is 5.92 Å². The third kappa shape index (κ3) is 7.41. The lowest BCUT2D eigenvalue weighted by molar-refractivity contribution is -0.143. The molecule has 1 unspecified atom stereocenters. The summed E-state index contributed by atoms with van der Waals surface area (Å²) < 4.78 is 7.12. The molecule has 40 heavy (non-hydrogen) atoms. The van der Waals surface area contributed by atoms with E-state index < -0.39 is 0 Å². The maximum Gasteiger partial charge on any atom is 0.305 e. The van der Waals surface area contributed by atoms with E-state index in [2.05, 4.69) is 54.8 Å². The number of anilines is 1. The summed E-state index contributed by atoms with van der Waals surface area (Å²) in [5.74, 6) is 0.445. The Morgan fingerprint density at radius 3 is 2.48 bits per heavy atom. The van der Waals surface area contributed by atoms with Gasteiger partial charge >= 0.3 is 5.97 Å². The van der Waals surface area contributed by atoms with Gasteiger partial charge in [0, 0.05) is 35.1 Å². The highest BCUT2D eigenvalue weighted by atomic mass is 16.5. The van der Waals surface area contributed by atoms with Gasteiger partial charge in [-0.3, -0.25) is 9.59 Å². The number of esters is 1. The van der Waals surface area contributed by atoms with Crippen LogP contribution < -0.4 is 5.32 Å². The van der Waals surface area contributed by atoms with E-state index in [9.17, 15) is 9.59 Å². The molecule has 0 radical (unpaired) electrons. The lowest BCUT2D eigenvalue weighted by Crippen LogP contribution is -2.11. The van der Waals surface area contributed by atoms with E-state index in [0.29, 0.717) is 42.9 Å². The molecule has 2 aromatic carbocycles. The number of carbonyl (C=O) groups is 2. The fourth-order valence-corrected chi connectivity index (χ4v) is 5.32. The van der Waals surface area contributed by atoms with E-state index in [1.54, 1.807) is 0 Å². The topological polar surface area (TPSA) is 59.8 Å². The summed E-state index contributed by atoms with van der Waals surface area (Å²) in [7, 11) is 0. The van der Waals surface area contributed by atoms with Crippen molar-refractivity contribution in [2.24, 2.45) is 5.92 Å². The van der Waals surface area contributed by atoms with Crippen molar-refractivity contribution in [3.63, 3.8) is 0 Å². The first-order chi connectivity index (χ1) is 19.4. The Morgan fingerprint density at radius 1 is 0.950 bits per heavy atom. The zero-order valence-corrected chi connectivity index (χ0v) is 24.3. The first-order valence-corrected chi connectivity index (χ1v) is 14.6. The molecule has 0 saturated heterocycles. The highest BCUT2D eigenvalue weighted by Gasteiger charge is 2.18. The quantitative estimate of drug-likeness (QED) is 0.130. The predicted octanol–water partition coefficient (Wildman–Crippen LogP) is 8.21. The maximum atomic E-state index is 13.8. The minimum absolute atomic E-state index is 0.00549. The average molecular weight is 539 g/mol. The van der Waals surface area contributed by atoms with E-state index in [-0.39, 0.29) is 17.8 Å². The molecule has 4 aromatic rings. The smallest absolute Gasteiger partial charge is 0.305 e. The molecule has 5 nitrogen and oxygen atoms in total. The van der Waals surface area contributed by atoms with Gasteiger partial charge in [0.2, 0.25) is 0 Å². The molecule has 0 aliphatic carbocycles. The van der Waals surface area contributed by atoms with Gasteiger partial charge in [0.25, 0.3) is 0 Å². The van der Waals surface area contributed by atoms with E-state index in [0.717, 1.165) is 36.2 Å². The Balaban J connectivity index is 1.53. The van der Waals surface area contributed by atoms with Crippen LogP contribution in [0.3, 0.4) is 0 Å². The van der Waals surface area contributed by atoms with Crippen LogP contribution in [0.2, 0.25) is 0 Å². The average Bonchev–Trinajstić information content (AvgIpc) is 3.31. The molecular weight excluding hydrogens is 496 g/mol. The molecule has 5 heteroatoms. The van der Waals surface area contributed by atoms with Crippen molar-refractivity contribution >= 4 is 23.0 Å². The number of ether oxygens (including phenoxy) is 1.